The van der Waals surface area contributed by atoms with Gasteiger partial charge in [-0.05, 0) is 43.7 Å². The molecule has 3 heteroatoms. The minimum Gasteiger partial charge on any atom is -0.368 e. The van der Waals surface area contributed by atoms with E-state index in [2.05, 4.69) is 22.2 Å². The van der Waals surface area contributed by atoms with E-state index in [0.29, 0.717) is 5.41 Å². The van der Waals surface area contributed by atoms with E-state index in [1.54, 1.807) is 0 Å². The maximum atomic E-state index is 4.67. The summed E-state index contributed by atoms with van der Waals surface area (Å²) in [6.45, 7) is 5.32. The average molecular weight is 241 g/mol. The molecule has 0 spiro atoms. The molecule has 3 rings (SSSR count). The van der Waals surface area contributed by atoms with Crippen LogP contribution in [0.5, 0.6) is 0 Å². The highest BCUT2D eigenvalue weighted by molar-refractivity contribution is 5.76. The summed E-state index contributed by atoms with van der Waals surface area (Å²) in [5.41, 5.74) is 3.45. The first kappa shape index (κ1) is 11.5. The van der Waals surface area contributed by atoms with E-state index in [9.17, 15) is 0 Å². The highest BCUT2D eigenvalue weighted by Gasteiger charge is 2.40. The van der Waals surface area contributed by atoms with Crippen molar-refractivity contribution in [1.29, 1.82) is 0 Å². The highest BCUT2D eigenvalue weighted by Crippen LogP contribution is 2.48. The molecule has 1 aromatic heterocycles. The molecule has 0 radical (unpaired) electrons. The number of rotatable bonds is 4. The van der Waals surface area contributed by atoms with Crippen molar-refractivity contribution in [2.24, 2.45) is 5.41 Å². The highest BCUT2D eigenvalue weighted by atomic mass is 15.0. The molecule has 1 N–H and O–H groups in total. The molecule has 0 unspecified atom stereocenters. The second-order valence-electron chi connectivity index (χ2n) is 5.35. The van der Waals surface area contributed by atoms with Crippen LogP contribution in [0.25, 0.3) is 11.0 Å². The second kappa shape index (κ2) is 4.23. The van der Waals surface area contributed by atoms with Gasteiger partial charge in [-0.3, -0.25) is 0 Å². The number of benzene rings is 1. The minimum absolute atomic E-state index is 0.528. The molecular formula is C15H19N3. The van der Waals surface area contributed by atoms with Crippen molar-refractivity contribution < 1.29 is 0 Å². The molecule has 1 aliphatic carbocycles. The maximum absolute atomic E-state index is 4.67. The van der Waals surface area contributed by atoms with E-state index in [1.807, 2.05) is 31.2 Å². The van der Waals surface area contributed by atoms with Gasteiger partial charge in [-0.15, -0.1) is 0 Å². The van der Waals surface area contributed by atoms with Gasteiger partial charge in [0.05, 0.1) is 16.7 Å². The van der Waals surface area contributed by atoms with Crippen LogP contribution < -0.4 is 5.32 Å². The third-order valence-corrected chi connectivity index (χ3v) is 4.08. The molecule has 2 aromatic rings. The number of nitrogens with zero attached hydrogens (tertiary/aromatic N) is 2. The SMILES string of the molecule is CCC1(CNc2nc3ccccc3nc2C)CC1. The van der Waals surface area contributed by atoms with Gasteiger partial charge in [0, 0.05) is 6.54 Å². The molecule has 94 valence electrons. The summed E-state index contributed by atoms with van der Waals surface area (Å²) in [4.78, 5) is 9.26. The van der Waals surface area contributed by atoms with Gasteiger partial charge in [-0.2, -0.15) is 0 Å². The lowest BCUT2D eigenvalue weighted by atomic mass is 10.0. The second-order valence-corrected chi connectivity index (χ2v) is 5.35. The van der Waals surface area contributed by atoms with E-state index < -0.39 is 0 Å². The Hall–Kier alpha value is -1.64. The normalized spacial score (nSPS) is 16.8. The number of aromatic nitrogens is 2. The summed E-state index contributed by atoms with van der Waals surface area (Å²) in [7, 11) is 0. The third kappa shape index (κ3) is 2.05. The largest absolute Gasteiger partial charge is 0.368 e. The van der Waals surface area contributed by atoms with Crippen molar-refractivity contribution in [3.05, 3.63) is 30.0 Å². The Bertz CT molecular complexity index is 573. The predicted octanol–water partition coefficient (Wildman–Crippen LogP) is 3.54. The summed E-state index contributed by atoms with van der Waals surface area (Å²) >= 11 is 0. The number of hydrogen-bond donors (Lipinski definition) is 1. The Morgan fingerprint density at radius 2 is 1.83 bits per heavy atom. The maximum Gasteiger partial charge on any atom is 0.148 e. The van der Waals surface area contributed by atoms with Crippen LogP contribution in [0.1, 0.15) is 31.9 Å². The molecular weight excluding hydrogens is 222 g/mol. The Kier molecular flexibility index (Phi) is 2.69. The van der Waals surface area contributed by atoms with Gasteiger partial charge in [0.2, 0.25) is 0 Å². The van der Waals surface area contributed by atoms with Crippen LogP contribution in [0.3, 0.4) is 0 Å². The fourth-order valence-electron chi connectivity index (χ4n) is 2.36. The van der Waals surface area contributed by atoms with Crippen molar-refractivity contribution in [3.63, 3.8) is 0 Å². The van der Waals surface area contributed by atoms with Crippen LogP contribution >= 0.6 is 0 Å². The molecule has 0 amide bonds. The monoisotopic (exact) mass is 241 g/mol. The van der Waals surface area contributed by atoms with Crippen molar-refractivity contribution in [2.45, 2.75) is 33.1 Å². The first-order chi connectivity index (χ1) is 8.72. The van der Waals surface area contributed by atoms with Gasteiger partial charge in [0.1, 0.15) is 5.82 Å². The lowest BCUT2D eigenvalue weighted by Gasteiger charge is -2.15. The topological polar surface area (TPSA) is 37.8 Å². The van der Waals surface area contributed by atoms with Crippen LogP contribution in [-0.4, -0.2) is 16.5 Å². The smallest absolute Gasteiger partial charge is 0.148 e. The number of anilines is 1. The van der Waals surface area contributed by atoms with Crippen LogP contribution in [-0.2, 0) is 0 Å². The standard InChI is InChI=1S/C15H19N3/c1-3-15(8-9-15)10-16-14-11(2)17-12-6-4-5-7-13(12)18-14/h4-7H,3,8-10H2,1-2H3,(H,16,18). The van der Waals surface area contributed by atoms with E-state index in [1.165, 1.54) is 19.3 Å². The van der Waals surface area contributed by atoms with Crippen LogP contribution in [0, 0.1) is 12.3 Å². The first-order valence-electron chi connectivity index (χ1n) is 6.70. The number of para-hydroxylation sites is 2. The van der Waals surface area contributed by atoms with Crippen molar-refractivity contribution in [2.75, 3.05) is 11.9 Å². The van der Waals surface area contributed by atoms with Gasteiger partial charge in [0.15, 0.2) is 0 Å². The third-order valence-electron chi connectivity index (χ3n) is 4.08. The molecule has 0 saturated heterocycles. The summed E-state index contributed by atoms with van der Waals surface area (Å²) in [5, 5.41) is 3.49. The van der Waals surface area contributed by atoms with E-state index >= 15 is 0 Å². The van der Waals surface area contributed by atoms with Crippen LogP contribution in [0.2, 0.25) is 0 Å². The molecule has 0 bridgehead atoms. The van der Waals surface area contributed by atoms with Gasteiger partial charge in [-0.25, -0.2) is 9.97 Å². The first-order valence-corrected chi connectivity index (χ1v) is 6.70. The predicted molar refractivity (Wildman–Crippen MR) is 74.7 cm³/mol. The summed E-state index contributed by atoms with van der Waals surface area (Å²) in [6, 6.07) is 8.03. The Morgan fingerprint density at radius 3 is 2.44 bits per heavy atom. The molecule has 1 saturated carbocycles. The average Bonchev–Trinajstić information content (AvgIpc) is 3.17. The number of aryl methyl sites for hydroxylation is 1. The van der Waals surface area contributed by atoms with Gasteiger partial charge < -0.3 is 5.32 Å². The van der Waals surface area contributed by atoms with Crippen molar-refractivity contribution >= 4 is 16.9 Å². The number of nitrogens with one attached hydrogen (secondary N) is 1. The molecule has 18 heavy (non-hydrogen) atoms. The van der Waals surface area contributed by atoms with Crippen LogP contribution in [0.4, 0.5) is 5.82 Å². The van der Waals surface area contributed by atoms with Gasteiger partial charge in [-0.1, -0.05) is 19.1 Å². The summed E-state index contributed by atoms with van der Waals surface area (Å²) < 4.78 is 0. The van der Waals surface area contributed by atoms with E-state index in [-0.39, 0.29) is 0 Å². The fraction of sp³-hybridized carbons (Fsp3) is 0.467. The van der Waals surface area contributed by atoms with Gasteiger partial charge in [0.25, 0.3) is 0 Å². The summed E-state index contributed by atoms with van der Waals surface area (Å²) in [5.74, 6) is 0.938. The zero-order valence-electron chi connectivity index (χ0n) is 11.0. The molecule has 1 heterocycles. The Morgan fingerprint density at radius 1 is 1.17 bits per heavy atom. The van der Waals surface area contributed by atoms with Crippen molar-refractivity contribution in [3.8, 4) is 0 Å². The molecule has 1 aromatic carbocycles. The fourth-order valence-corrected chi connectivity index (χ4v) is 2.36. The van der Waals surface area contributed by atoms with E-state index in [0.717, 1.165) is 29.1 Å². The quantitative estimate of drug-likeness (QED) is 0.889. The van der Waals surface area contributed by atoms with Gasteiger partial charge >= 0.3 is 0 Å². The summed E-state index contributed by atoms with van der Waals surface area (Å²) in [6.07, 6.45) is 3.94. The molecule has 1 aliphatic rings. The zero-order chi connectivity index (χ0) is 12.6. The number of hydrogen-bond acceptors (Lipinski definition) is 3. The minimum atomic E-state index is 0.528. The van der Waals surface area contributed by atoms with Crippen molar-refractivity contribution in [1.82, 2.24) is 9.97 Å². The Balaban J connectivity index is 1.85. The van der Waals surface area contributed by atoms with E-state index in [4.69, 9.17) is 0 Å². The molecule has 3 nitrogen and oxygen atoms in total. The lowest BCUT2D eigenvalue weighted by molar-refractivity contribution is 0.520. The Labute approximate surface area is 108 Å². The lowest BCUT2D eigenvalue weighted by Crippen LogP contribution is -2.16. The number of fused-ring (bicyclic) bond motifs is 1. The molecule has 0 atom stereocenters. The molecule has 0 aliphatic heterocycles. The van der Waals surface area contributed by atoms with Crippen LogP contribution in [0.15, 0.2) is 24.3 Å². The zero-order valence-corrected chi connectivity index (χ0v) is 11.0. The molecule has 1 fully saturated rings.